The summed E-state index contributed by atoms with van der Waals surface area (Å²) in [4.78, 5) is 14.7. The SMILES string of the molecule is COc1ccc(-c2cnc(F)c(Nc3ccnc(N4CCOCC4)n3)c2)cc1. The van der Waals surface area contributed by atoms with Gasteiger partial charge in [0.1, 0.15) is 11.6 Å². The van der Waals surface area contributed by atoms with Gasteiger partial charge in [-0.3, -0.25) is 0 Å². The topological polar surface area (TPSA) is 72.4 Å². The molecule has 7 nitrogen and oxygen atoms in total. The van der Waals surface area contributed by atoms with Gasteiger partial charge in [0, 0.05) is 31.0 Å². The maximum Gasteiger partial charge on any atom is 0.236 e. The summed E-state index contributed by atoms with van der Waals surface area (Å²) in [6.07, 6.45) is 3.15. The van der Waals surface area contributed by atoms with Gasteiger partial charge in [-0.15, -0.1) is 0 Å². The van der Waals surface area contributed by atoms with Crippen LogP contribution in [0, 0.1) is 5.95 Å². The molecule has 0 atom stereocenters. The molecule has 8 heteroatoms. The minimum Gasteiger partial charge on any atom is -0.497 e. The number of hydrogen-bond donors (Lipinski definition) is 1. The van der Waals surface area contributed by atoms with Gasteiger partial charge in [0.2, 0.25) is 11.9 Å². The summed E-state index contributed by atoms with van der Waals surface area (Å²) in [5.41, 5.74) is 1.95. The molecule has 1 aliphatic heterocycles. The van der Waals surface area contributed by atoms with Gasteiger partial charge >= 0.3 is 0 Å². The Kier molecular flexibility index (Phi) is 5.29. The molecule has 1 aliphatic rings. The van der Waals surface area contributed by atoms with Crippen LogP contribution in [0.2, 0.25) is 0 Å². The molecular formula is C20H20FN5O2. The number of benzene rings is 1. The molecule has 2 aromatic heterocycles. The van der Waals surface area contributed by atoms with E-state index in [2.05, 4.69) is 20.3 Å². The second-order valence-electron chi connectivity index (χ2n) is 6.26. The van der Waals surface area contributed by atoms with Crippen LogP contribution in [-0.2, 0) is 4.74 Å². The third-order valence-electron chi connectivity index (χ3n) is 4.46. The number of rotatable bonds is 5. The van der Waals surface area contributed by atoms with Crippen LogP contribution < -0.4 is 15.0 Å². The highest BCUT2D eigenvalue weighted by molar-refractivity contribution is 5.69. The fraction of sp³-hybridized carbons (Fsp3) is 0.250. The van der Waals surface area contributed by atoms with E-state index in [1.807, 2.05) is 29.2 Å². The molecule has 1 fully saturated rings. The molecule has 0 unspecified atom stereocenters. The molecule has 0 amide bonds. The summed E-state index contributed by atoms with van der Waals surface area (Å²) in [5, 5.41) is 3.01. The minimum atomic E-state index is -0.594. The van der Waals surface area contributed by atoms with Gasteiger partial charge in [-0.2, -0.15) is 9.37 Å². The lowest BCUT2D eigenvalue weighted by Crippen LogP contribution is -2.37. The molecular weight excluding hydrogens is 361 g/mol. The third kappa shape index (κ3) is 4.01. The van der Waals surface area contributed by atoms with Gasteiger partial charge in [-0.1, -0.05) is 12.1 Å². The maximum atomic E-state index is 14.3. The number of halogens is 1. The first kappa shape index (κ1) is 18.1. The van der Waals surface area contributed by atoms with Crippen molar-refractivity contribution in [2.24, 2.45) is 0 Å². The summed E-state index contributed by atoms with van der Waals surface area (Å²) in [7, 11) is 1.61. The lowest BCUT2D eigenvalue weighted by Gasteiger charge is -2.26. The monoisotopic (exact) mass is 381 g/mol. The number of nitrogens with zero attached hydrogens (tertiary/aromatic N) is 4. The largest absolute Gasteiger partial charge is 0.497 e. The van der Waals surface area contributed by atoms with Crippen molar-refractivity contribution >= 4 is 17.5 Å². The molecule has 0 bridgehead atoms. The number of ether oxygens (including phenoxy) is 2. The fourth-order valence-electron chi connectivity index (χ4n) is 2.95. The Morgan fingerprint density at radius 3 is 2.61 bits per heavy atom. The molecule has 0 aliphatic carbocycles. The van der Waals surface area contributed by atoms with E-state index in [0.29, 0.717) is 25.0 Å². The first-order valence-corrected chi connectivity index (χ1v) is 8.95. The number of morpholine rings is 1. The van der Waals surface area contributed by atoms with Crippen LogP contribution in [0.25, 0.3) is 11.1 Å². The first-order chi connectivity index (χ1) is 13.7. The number of nitrogens with one attached hydrogen (secondary N) is 1. The van der Waals surface area contributed by atoms with Crippen LogP contribution in [0.3, 0.4) is 0 Å². The van der Waals surface area contributed by atoms with E-state index in [-0.39, 0.29) is 5.69 Å². The number of anilines is 3. The van der Waals surface area contributed by atoms with Gasteiger partial charge in [0.25, 0.3) is 0 Å². The van der Waals surface area contributed by atoms with Gasteiger partial charge < -0.3 is 19.7 Å². The van der Waals surface area contributed by atoms with Crippen LogP contribution in [-0.4, -0.2) is 48.4 Å². The number of methoxy groups -OCH3 is 1. The molecule has 1 aromatic carbocycles. The molecule has 3 heterocycles. The van der Waals surface area contributed by atoms with Crippen LogP contribution in [0.15, 0.2) is 48.8 Å². The molecule has 1 N–H and O–H groups in total. The molecule has 3 aromatic rings. The standard InChI is InChI=1S/C20H20FN5O2/c1-27-16-4-2-14(3-5-16)15-12-17(19(21)23-13-15)24-18-6-7-22-20(25-18)26-8-10-28-11-9-26/h2-7,12-13H,8-11H2,1H3,(H,22,24,25). The molecule has 28 heavy (non-hydrogen) atoms. The summed E-state index contributed by atoms with van der Waals surface area (Å²) < 4.78 is 24.8. The van der Waals surface area contributed by atoms with E-state index >= 15 is 0 Å². The predicted octanol–water partition coefficient (Wildman–Crippen LogP) is 3.27. The van der Waals surface area contributed by atoms with E-state index in [1.165, 1.54) is 6.20 Å². The first-order valence-electron chi connectivity index (χ1n) is 8.95. The number of aromatic nitrogens is 3. The average Bonchev–Trinajstić information content (AvgIpc) is 2.76. The van der Waals surface area contributed by atoms with Gasteiger partial charge in [-0.05, 0) is 29.8 Å². The summed E-state index contributed by atoms with van der Waals surface area (Å²) >= 11 is 0. The van der Waals surface area contributed by atoms with Crippen LogP contribution in [0.5, 0.6) is 5.75 Å². The molecule has 0 radical (unpaired) electrons. The van der Waals surface area contributed by atoms with E-state index in [9.17, 15) is 4.39 Å². The molecule has 1 saturated heterocycles. The van der Waals surface area contributed by atoms with Crippen LogP contribution in [0.1, 0.15) is 0 Å². The van der Waals surface area contributed by atoms with Crippen molar-refractivity contribution < 1.29 is 13.9 Å². The second kappa shape index (κ2) is 8.18. The highest BCUT2D eigenvalue weighted by Gasteiger charge is 2.15. The van der Waals surface area contributed by atoms with Crippen molar-refractivity contribution in [3.63, 3.8) is 0 Å². The van der Waals surface area contributed by atoms with Gasteiger partial charge in [0.05, 0.1) is 26.0 Å². The number of pyridine rings is 1. The van der Waals surface area contributed by atoms with Crippen molar-refractivity contribution in [1.82, 2.24) is 15.0 Å². The van der Waals surface area contributed by atoms with Gasteiger partial charge in [0.15, 0.2) is 0 Å². The highest BCUT2D eigenvalue weighted by Crippen LogP contribution is 2.27. The highest BCUT2D eigenvalue weighted by atomic mass is 19.1. The van der Waals surface area contributed by atoms with Crippen molar-refractivity contribution in [3.8, 4) is 16.9 Å². The molecule has 144 valence electrons. The zero-order valence-corrected chi connectivity index (χ0v) is 15.4. The molecule has 0 spiro atoms. The Labute approximate surface area is 162 Å². The molecule has 4 rings (SSSR count). The normalized spacial score (nSPS) is 14.0. The minimum absolute atomic E-state index is 0.250. The third-order valence-corrected chi connectivity index (χ3v) is 4.46. The van der Waals surface area contributed by atoms with Crippen molar-refractivity contribution in [3.05, 3.63) is 54.7 Å². The maximum absolute atomic E-state index is 14.3. The number of hydrogen-bond acceptors (Lipinski definition) is 7. The zero-order valence-electron chi connectivity index (χ0n) is 15.4. The smallest absolute Gasteiger partial charge is 0.236 e. The summed E-state index contributed by atoms with van der Waals surface area (Å²) in [6.45, 7) is 2.74. The van der Waals surface area contributed by atoms with Crippen molar-refractivity contribution in [2.45, 2.75) is 0 Å². The quantitative estimate of drug-likeness (QED) is 0.680. The Morgan fingerprint density at radius 1 is 1.07 bits per heavy atom. The molecule has 0 saturated carbocycles. The van der Waals surface area contributed by atoms with Crippen molar-refractivity contribution in [2.75, 3.05) is 43.6 Å². The zero-order chi connectivity index (χ0) is 19.3. The van der Waals surface area contributed by atoms with E-state index in [4.69, 9.17) is 9.47 Å². The lowest BCUT2D eigenvalue weighted by atomic mass is 10.1. The second-order valence-corrected chi connectivity index (χ2v) is 6.26. The van der Waals surface area contributed by atoms with E-state index in [0.717, 1.165) is 30.0 Å². The predicted molar refractivity (Wildman–Crippen MR) is 105 cm³/mol. The Bertz CT molecular complexity index is 946. The van der Waals surface area contributed by atoms with Crippen LogP contribution in [0.4, 0.5) is 21.8 Å². The average molecular weight is 381 g/mol. The summed E-state index contributed by atoms with van der Waals surface area (Å²) in [5.74, 6) is 1.26. The Morgan fingerprint density at radius 2 is 1.86 bits per heavy atom. The van der Waals surface area contributed by atoms with Gasteiger partial charge in [-0.25, -0.2) is 9.97 Å². The van der Waals surface area contributed by atoms with Crippen LogP contribution >= 0.6 is 0 Å². The van der Waals surface area contributed by atoms with Crippen molar-refractivity contribution in [1.29, 1.82) is 0 Å². The summed E-state index contributed by atoms with van der Waals surface area (Å²) in [6, 6.07) is 10.9. The fourth-order valence-corrected chi connectivity index (χ4v) is 2.95. The van der Waals surface area contributed by atoms with E-state index in [1.54, 1.807) is 25.4 Å². The van der Waals surface area contributed by atoms with E-state index < -0.39 is 5.95 Å². The Hall–Kier alpha value is -3.26. The lowest BCUT2D eigenvalue weighted by molar-refractivity contribution is 0.122. The Balaban J connectivity index is 1.57.